The molecule has 2 atom stereocenters. The highest BCUT2D eigenvalue weighted by atomic mass is 16.3. The van der Waals surface area contributed by atoms with Crippen molar-refractivity contribution in [1.82, 2.24) is 5.32 Å². The Labute approximate surface area is 123 Å². The monoisotopic (exact) mass is 283 g/mol. The molecule has 2 aromatic rings. The van der Waals surface area contributed by atoms with E-state index in [0.717, 1.165) is 11.1 Å². The zero-order valence-electron chi connectivity index (χ0n) is 11.7. The number of hydrogen-bond donors (Lipinski definition) is 3. The molecule has 2 aromatic carbocycles. The molecule has 1 aliphatic rings. The molecule has 0 radical (unpaired) electrons. The van der Waals surface area contributed by atoms with E-state index < -0.39 is 12.1 Å². The van der Waals surface area contributed by atoms with E-state index in [1.165, 1.54) is 0 Å². The van der Waals surface area contributed by atoms with Gasteiger partial charge < -0.3 is 15.5 Å². The minimum absolute atomic E-state index is 0.0926. The van der Waals surface area contributed by atoms with E-state index in [4.69, 9.17) is 0 Å². The molecule has 3 N–H and O–H groups in total. The molecule has 0 saturated carbocycles. The molecule has 0 heterocycles. The van der Waals surface area contributed by atoms with E-state index >= 15 is 0 Å². The molecule has 0 spiro atoms. The van der Waals surface area contributed by atoms with Gasteiger partial charge in [-0.3, -0.25) is 4.79 Å². The average molecular weight is 283 g/mol. The highest BCUT2D eigenvalue weighted by molar-refractivity contribution is 5.96. The summed E-state index contributed by atoms with van der Waals surface area (Å²) in [6.07, 6.45) is -0.0795. The number of amides is 1. The van der Waals surface area contributed by atoms with Gasteiger partial charge in [0, 0.05) is 17.5 Å². The molecule has 0 bridgehead atoms. The number of carbonyl (C=O) groups excluding carboxylic acids is 1. The molecular weight excluding hydrogens is 266 g/mol. The second kappa shape index (κ2) is 5.22. The second-order valence-corrected chi connectivity index (χ2v) is 5.37. The third kappa shape index (κ3) is 2.38. The van der Waals surface area contributed by atoms with Gasteiger partial charge in [0.05, 0.1) is 12.1 Å². The van der Waals surface area contributed by atoms with E-state index in [0.29, 0.717) is 17.5 Å². The lowest BCUT2D eigenvalue weighted by Crippen LogP contribution is -2.34. The lowest BCUT2D eigenvalue weighted by atomic mass is 10.0. The van der Waals surface area contributed by atoms with Crippen LogP contribution in [-0.2, 0) is 6.42 Å². The van der Waals surface area contributed by atoms with Crippen molar-refractivity contribution in [3.8, 4) is 5.75 Å². The third-order valence-electron chi connectivity index (χ3n) is 4.04. The fourth-order valence-electron chi connectivity index (χ4n) is 2.84. The quantitative estimate of drug-likeness (QED) is 0.790. The molecule has 1 amide bonds. The number of rotatable bonds is 2. The molecule has 0 fully saturated rings. The van der Waals surface area contributed by atoms with Crippen molar-refractivity contribution >= 4 is 5.91 Å². The lowest BCUT2D eigenvalue weighted by molar-refractivity contribution is 0.0857. The van der Waals surface area contributed by atoms with Gasteiger partial charge >= 0.3 is 0 Å². The number of phenolic OH excluding ortho intramolecular Hbond substituents is 1. The van der Waals surface area contributed by atoms with Crippen LogP contribution in [0, 0.1) is 6.92 Å². The number of aromatic hydroxyl groups is 1. The van der Waals surface area contributed by atoms with E-state index in [-0.39, 0.29) is 11.7 Å². The van der Waals surface area contributed by atoms with E-state index in [9.17, 15) is 15.0 Å². The Morgan fingerprint density at radius 3 is 2.76 bits per heavy atom. The third-order valence-corrected chi connectivity index (χ3v) is 4.04. The Morgan fingerprint density at radius 1 is 1.19 bits per heavy atom. The SMILES string of the molecule is Cc1c(O)cccc1C(=O)NC1c2ccccc2CC1O. The van der Waals surface area contributed by atoms with Crippen LogP contribution in [0.1, 0.15) is 33.1 Å². The maximum Gasteiger partial charge on any atom is 0.252 e. The van der Waals surface area contributed by atoms with Crippen molar-refractivity contribution in [2.24, 2.45) is 0 Å². The summed E-state index contributed by atoms with van der Waals surface area (Å²) in [6, 6.07) is 12.1. The number of benzene rings is 2. The van der Waals surface area contributed by atoms with Crippen molar-refractivity contribution < 1.29 is 15.0 Å². The maximum absolute atomic E-state index is 12.4. The summed E-state index contributed by atoms with van der Waals surface area (Å²) in [6.45, 7) is 1.70. The second-order valence-electron chi connectivity index (χ2n) is 5.37. The minimum Gasteiger partial charge on any atom is -0.508 e. The first-order chi connectivity index (χ1) is 10.1. The highest BCUT2D eigenvalue weighted by Gasteiger charge is 2.32. The molecule has 3 rings (SSSR count). The van der Waals surface area contributed by atoms with Gasteiger partial charge in [-0.25, -0.2) is 0 Å². The largest absolute Gasteiger partial charge is 0.508 e. The Kier molecular flexibility index (Phi) is 3.39. The van der Waals surface area contributed by atoms with Gasteiger partial charge in [0.1, 0.15) is 5.75 Å². The topological polar surface area (TPSA) is 69.6 Å². The van der Waals surface area contributed by atoms with Crippen molar-refractivity contribution in [2.75, 3.05) is 0 Å². The smallest absolute Gasteiger partial charge is 0.252 e. The lowest BCUT2D eigenvalue weighted by Gasteiger charge is -2.18. The Bertz CT molecular complexity index is 696. The summed E-state index contributed by atoms with van der Waals surface area (Å²) in [5.41, 5.74) is 2.97. The maximum atomic E-state index is 12.4. The highest BCUT2D eigenvalue weighted by Crippen LogP contribution is 2.31. The molecule has 0 aliphatic heterocycles. The standard InChI is InChI=1S/C17H17NO3/c1-10-12(7-4-8-14(10)19)17(21)18-16-13-6-3-2-5-11(13)9-15(16)20/h2-8,15-16,19-20H,9H2,1H3,(H,18,21). The molecule has 0 saturated heterocycles. The predicted molar refractivity (Wildman–Crippen MR) is 79.2 cm³/mol. The summed E-state index contributed by atoms with van der Waals surface area (Å²) >= 11 is 0. The number of carbonyl (C=O) groups is 1. The Balaban J connectivity index is 1.87. The molecule has 1 aliphatic carbocycles. The first-order valence-electron chi connectivity index (χ1n) is 6.93. The fourth-order valence-corrected chi connectivity index (χ4v) is 2.84. The minimum atomic E-state index is -0.621. The average Bonchev–Trinajstić information content (AvgIpc) is 2.78. The van der Waals surface area contributed by atoms with Gasteiger partial charge in [0.25, 0.3) is 5.91 Å². The number of hydrogen-bond acceptors (Lipinski definition) is 3. The van der Waals surface area contributed by atoms with Gasteiger partial charge in [-0.15, -0.1) is 0 Å². The zero-order valence-corrected chi connectivity index (χ0v) is 11.7. The van der Waals surface area contributed by atoms with Crippen molar-refractivity contribution in [1.29, 1.82) is 0 Å². The zero-order chi connectivity index (χ0) is 15.0. The molecule has 4 heteroatoms. The number of fused-ring (bicyclic) bond motifs is 1. The summed E-state index contributed by atoms with van der Waals surface area (Å²) in [5.74, 6) is -0.195. The predicted octanol–water partition coefficient (Wildman–Crippen LogP) is 2.09. The Morgan fingerprint density at radius 2 is 1.95 bits per heavy atom. The first kappa shape index (κ1) is 13.6. The van der Waals surface area contributed by atoms with Crippen molar-refractivity contribution in [2.45, 2.75) is 25.5 Å². The van der Waals surface area contributed by atoms with Crippen LogP contribution in [0.5, 0.6) is 5.75 Å². The fraction of sp³-hybridized carbons (Fsp3) is 0.235. The van der Waals surface area contributed by atoms with Gasteiger partial charge in [0.2, 0.25) is 0 Å². The van der Waals surface area contributed by atoms with Gasteiger partial charge in [-0.2, -0.15) is 0 Å². The van der Waals surface area contributed by atoms with Crippen LogP contribution < -0.4 is 5.32 Å². The normalized spacial score (nSPS) is 20.1. The van der Waals surface area contributed by atoms with Crippen LogP contribution in [0.2, 0.25) is 0 Å². The summed E-state index contributed by atoms with van der Waals surface area (Å²) < 4.78 is 0. The molecule has 2 unspecified atom stereocenters. The first-order valence-corrected chi connectivity index (χ1v) is 6.93. The van der Waals surface area contributed by atoms with Crippen molar-refractivity contribution in [3.63, 3.8) is 0 Å². The van der Waals surface area contributed by atoms with Crippen LogP contribution in [0.3, 0.4) is 0 Å². The van der Waals surface area contributed by atoms with E-state index in [1.807, 2.05) is 24.3 Å². The summed E-state index contributed by atoms with van der Waals surface area (Å²) in [7, 11) is 0. The summed E-state index contributed by atoms with van der Waals surface area (Å²) in [5, 5.41) is 22.7. The molecule has 0 aromatic heterocycles. The van der Waals surface area contributed by atoms with Crippen molar-refractivity contribution in [3.05, 3.63) is 64.7 Å². The van der Waals surface area contributed by atoms with E-state index in [1.54, 1.807) is 25.1 Å². The number of nitrogens with one attached hydrogen (secondary N) is 1. The van der Waals surface area contributed by atoms with Gasteiger partial charge in [-0.1, -0.05) is 30.3 Å². The molecule has 4 nitrogen and oxygen atoms in total. The number of phenols is 1. The van der Waals surface area contributed by atoms with Crippen LogP contribution in [0.15, 0.2) is 42.5 Å². The molecule has 21 heavy (non-hydrogen) atoms. The van der Waals surface area contributed by atoms with Crippen LogP contribution in [-0.4, -0.2) is 22.2 Å². The van der Waals surface area contributed by atoms with Gasteiger partial charge in [0.15, 0.2) is 0 Å². The molecular formula is C17H17NO3. The van der Waals surface area contributed by atoms with E-state index in [2.05, 4.69) is 5.32 Å². The van der Waals surface area contributed by atoms with Crippen LogP contribution in [0.25, 0.3) is 0 Å². The molecule has 108 valence electrons. The summed E-state index contributed by atoms with van der Waals surface area (Å²) in [4.78, 5) is 12.4. The van der Waals surface area contributed by atoms with Gasteiger partial charge in [-0.05, 0) is 30.2 Å². The van der Waals surface area contributed by atoms with Crippen LogP contribution >= 0.6 is 0 Å². The number of aliphatic hydroxyl groups is 1. The Hall–Kier alpha value is -2.33. The van der Waals surface area contributed by atoms with Crippen LogP contribution in [0.4, 0.5) is 0 Å². The number of aliphatic hydroxyl groups excluding tert-OH is 1.